The van der Waals surface area contributed by atoms with Gasteiger partial charge in [0.25, 0.3) is 0 Å². The smallest absolute Gasteiger partial charge is 0.325 e. The molecule has 1 aromatic carbocycles. The van der Waals surface area contributed by atoms with Crippen LogP contribution in [0.2, 0.25) is 0 Å². The largest absolute Gasteiger partial charge is 0.465 e. The van der Waals surface area contributed by atoms with Gasteiger partial charge in [-0.1, -0.05) is 18.2 Å². The number of para-hydroxylation sites is 1. The number of likely N-dealkylation sites (N-methyl/N-ethyl adjacent to an activating group) is 1. The van der Waals surface area contributed by atoms with E-state index in [1.807, 2.05) is 32.0 Å². The van der Waals surface area contributed by atoms with Crippen molar-refractivity contribution >= 4 is 18.0 Å². The van der Waals surface area contributed by atoms with Crippen LogP contribution in [0.4, 0.5) is 5.69 Å². The number of aryl methyl sites for hydroxylation is 2. The average molecular weight is 248 g/mol. The van der Waals surface area contributed by atoms with Crippen LogP contribution in [-0.4, -0.2) is 37.4 Å². The Labute approximate surface area is 108 Å². The van der Waals surface area contributed by atoms with Crippen LogP contribution in [0, 0.1) is 13.8 Å². The van der Waals surface area contributed by atoms with Gasteiger partial charge in [-0.3, -0.25) is 4.79 Å². The highest BCUT2D eigenvalue weighted by Gasteiger charge is 2.04. The second-order valence-corrected chi connectivity index (χ2v) is 4.21. The van der Waals surface area contributed by atoms with Crippen LogP contribution in [0.15, 0.2) is 23.2 Å². The lowest BCUT2D eigenvalue weighted by atomic mass is 10.1. The molecule has 0 radical (unpaired) electrons. The minimum Gasteiger partial charge on any atom is -0.465 e. The van der Waals surface area contributed by atoms with Crippen LogP contribution in [0.3, 0.4) is 0 Å². The third kappa shape index (κ3) is 4.20. The van der Waals surface area contributed by atoms with Gasteiger partial charge in [-0.15, -0.1) is 0 Å². The number of aliphatic imine (C=N–C) groups is 1. The molecule has 0 aliphatic rings. The number of ether oxygens (including phenoxy) is 1. The number of nitrogens with zero attached hydrogens (tertiary/aromatic N) is 2. The van der Waals surface area contributed by atoms with Gasteiger partial charge in [-0.2, -0.15) is 0 Å². The zero-order valence-electron chi connectivity index (χ0n) is 11.4. The number of benzene rings is 1. The second kappa shape index (κ2) is 6.79. The minimum atomic E-state index is -0.243. The van der Waals surface area contributed by atoms with Crippen molar-refractivity contribution in [1.82, 2.24) is 4.90 Å². The molecule has 98 valence electrons. The summed E-state index contributed by atoms with van der Waals surface area (Å²) < 4.78 is 4.87. The summed E-state index contributed by atoms with van der Waals surface area (Å²) in [5.74, 6) is -0.243. The van der Waals surface area contributed by atoms with E-state index in [1.54, 1.807) is 25.2 Å². The fourth-order valence-corrected chi connectivity index (χ4v) is 1.62. The van der Waals surface area contributed by atoms with Crippen LogP contribution >= 0.6 is 0 Å². The zero-order valence-corrected chi connectivity index (χ0v) is 11.4. The standard InChI is InChI=1S/C14H20N2O2/c1-5-18-13(17)9-16(4)10-15-14-11(2)7-6-8-12(14)3/h6-8,10H,5,9H2,1-4H3. The van der Waals surface area contributed by atoms with E-state index in [0.717, 1.165) is 16.8 Å². The summed E-state index contributed by atoms with van der Waals surface area (Å²) in [6.45, 7) is 6.45. The van der Waals surface area contributed by atoms with E-state index in [1.165, 1.54) is 0 Å². The molecule has 18 heavy (non-hydrogen) atoms. The Kier molecular flexibility index (Phi) is 5.36. The number of esters is 1. The van der Waals surface area contributed by atoms with Gasteiger partial charge < -0.3 is 9.64 Å². The Balaban J connectivity index is 2.66. The topological polar surface area (TPSA) is 41.9 Å². The third-order valence-electron chi connectivity index (χ3n) is 2.51. The van der Waals surface area contributed by atoms with Gasteiger partial charge in [-0.25, -0.2) is 4.99 Å². The normalized spacial score (nSPS) is 10.7. The first kappa shape index (κ1) is 14.2. The Morgan fingerprint density at radius 2 is 2.00 bits per heavy atom. The van der Waals surface area contributed by atoms with E-state index >= 15 is 0 Å². The van der Waals surface area contributed by atoms with Crippen molar-refractivity contribution in [3.63, 3.8) is 0 Å². The number of carbonyl (C=O) groups excluding carboxylic acids is 1. The van der Waals surface area contributed by atoms with E-state index in [2.05, 4.69) is 4.99 Å². The molecule has 0 aliphatic carbocycles. The summed E-state index contributed by atoms with van der Waals surface area (Å²) in [4.78, 5) is 17.4. The summed E-state index contributed by atoms with van der Waals surface area (Å²) >= 11 is 0. The van der Waals surface area contributed by atoms with E-state index in [0.29, 0.717) is 6.61 Å². The highest BCUT2D eigenvalue weighted by Crippen LogP contribution is 2.22. The molecule has 0 aromatic heterocycles. The molecule has 0 unspecified atom stereocenters. The quantitative estimate of drug-likeness (QED) is 0.456. The van der Waals surface area contributed by atoms with Crippen molar-refractivity contribution < 1.29 is 9.53 Å². The summed E-state index contributed by atoms with van der Waals surface area (Å²) in [7, 11) is 1.80. The highest BCUT2D eigenvalue weighted by atomic mass is 16.5. The summed E-state index contributed by atoms with van der Waals surface area (Å²) in [6.07, 6.45) is 1.66. The Bertz CT molecular complexity index is 421. The number of hydrogen-bond donors (Lipinski definition) is 0. The summed E-state index contributed by atoms with van der Waals surface area (Å²) in [6, 6.07) is 6.04. The van der Waals surface area contributed by atoms with Gasteiger partial charge >= 0.3 is 5.97 Å². The molecule has 0 bridgehead atoms. The van der Waals surface area contributed by atoms with E-state index < -0.39 is 0 Å². The molecular weight excluding hydrogens is 228 g/mol. The lowest BCUT2D eigenvalue weighted by molar-refractivity contribution is -0.143. The number of hydrogen-bond acceptors (Lipinski definition) is 3. The van der Waals surface area contributed by atoms with Crippen molar-refractivity contribution in [2.45, 2.75) is 20.8 Å². The lowest BCUT2D eigenvalue weighted by Gasteiger charge is -2.12. The predicted molar refractivity (Wildman–Crippen MR) is 73.3 cm³/mol. The van der Waals surface area contributed by atoms with Crippen LogP contribution < -0.4 is 0 Å². The number of carbonyl (C=O) groups is 1. The zero-order chi connectivity index (χ0) is 13.5. The summed E-state index contributed by atoms with van der Waals surface area (Å²) in [5.41, 5.74) is 3.19. The fraction of sp³-hybridized carbons (Fsp3) is 0.429. The molecule has 1 rings (SSSR count). The monoisotopic (exact) mass is 248 g/mol. The van der Waals surface area contributed by atoms with E-state index in [9.17, 15) is 4.79 Å². The Hall–Kier alpha value is -1.84. The lowest BCUT2D eigenvalue weighted by Crippen LogP contribution is -2.26. The van der Waals surface area contributed by atoms with Gasteiger partial charge in [0.15, 0.2) is 0 Å². The molecule has 0 N–H and O–H groups in total. The molecule has 4 heteroatoms. The van der Waals surface area contributed by atoms with Gasteiger partial charge in [0, 0.05) is 7.05 Å². The fourth-order valence-electron chi connectivity index (χ4n) is 1.62. The minimum absolute atomic E-state index is 0.211. The maximum Gasteiger partial charge on any atom is 0.325 e. The van der Waals surface area contributed by atoms with Crippen LogP contribution in [-0.2, 0) is 9.53 Å². The van der Waals surface area contributed by atoms with Gasteiger partial charge in [0.05, 0.1) is 18.6 Å². The van der Waals surface area contributed by atoms with Gasteiger partial charge in [-0.05, 0) is 31.9 Å². The number of rotatable bonds is 5. The molecule has 0 fully saturated rings. The Morgan fingerprint density at radius 1 is 1.39 bits per heavy atom. The van der Waals surface area contributed by atoms with Crippen molar-refractivity contribution in [3.8, 4) is 0 Å². The first-order valence-corrected chi connectivity index (χ1v) is 6.01. The summed E-state index contributed by atoms with van der Waals surface area (Å²) in [5, 5.41) is 0. The molecule has 0 amide bonds. The molecular formula is C14H20N2O2. The van der Waals surface area contributed by atoms with Crippen molar-refractivity contribution in [2.24, 2.45) is 4.99 Å². The van der Waals surface area contributed by atoms with Crippen LogP contribution in [0.25, 0.3) is 0 Å². The first-order valence-electron chi connectivity index (χ1n) is 6.01. The SMILES string of the molecule is CCOC(=O)CN(C)C=Nc1c(C)cccc1C. The second-order valence-electron chi connectivity index (χ2n) is 4.21. The maximum absolute atomic E-state index is 11.3. The Morgan fingerprint density at radius 3 is 2.56 bits per heavy atom. The van der Waals surface area contributed by atoms with Gasteiger partial charge in [0.1, 0.15) is 6.54 Å². The molecule has 0 heterocycles. The maximum atomic E-state index is 11.3. The third-order valence-corrected chi connectivity index (χ3v) is 2.51. The average Bonchev–Trinajstić information content (AvgIpc) is 2.28. The molecule has 0 saturated carbocycles. The highest BCUT2D eigenvalue weighted by molar-refractivity contribution is 5.75. The molecule has 0 aliphatic heterocycles. The van der Waals surface area contributed by atoms with Crippen LogP contribution in [0.1, 0.15) is 18.1 Å². The van der Waals surface area contributed by atoms with E-state index in [4.69, 9.17) is 4.74 Å². The van der Waals surface area contributed by atoms with Gasteiger partial charge in [0.2, 0.25) is 0 Å². The van der Waals surface area contributed by atoms with Crippen molar-refractivity contribution in [2.75, 3.05) is 20.2 Å². The van der Waals surface area contributed by atoms with E-state index in [-0.39, 0.29) is 12.5 Å². The molecule has 0 saturated heterocycles. The molecule has 1 aromatic rings. The first-order chi connectivity index (χ1) is 8.54. The molecule has 0 spiro atoms. The van der Waals surface area contributed by atoms with Crippen LogP contribution in [0.5, 0.6) is 0 Å². The molecule has 4 nitrogen and oxygen atoms in total. The van der Waals surface area contributed by atoms with Crippen molar-refractivity contribution in [1.29, 1.82) is 0 Å². The van der Waals surface area contributed by atoms with Crippen molar-refractivity contribution in [3.05, 3.63) is 29.3 Å². The predicted octanol–water partition coefficient (Wildman–Crippen LogP) is 2.46. The molecule has 0 atom stereocenters.